The van der Waals surface area contributed by atoms with Gasteiger partial charge in [0.1, 0.15) is 0 Å². The molecule has 1 amide bonds. The topological polar surface area (TPSA) is 58.6 Å². The highest BCUT2D eigenvalue weighted by Crippen LogP contribution is 2.13. The molecule has 0 aromatic heterocycles. The summed E-state index contributed by atoms with van der Waals surface area (Å²) in [5.74, 6) is -0.184. The average Bonchev–Trinajstić information content (AvgIpc) is 2.59. The van der Waals surface area contributed by atoms with Crippen LogP contribution >= 0.6 is 0 Å². The van der Waals surface area contributed by atoms with Crippen LogP contribution < -0.4 is 5.32 Å². The Morgan fingerprint density at radius 1 is 1.08 bits per heavy atom. The zero-order valence-electron chi connectivity index (χ0n) is 15.0. The number of hydrogen-bond acceptors (Lipinski definition) is 4. The van der Waals surface area contributed by atoms with Gasteiger partial charge in [-0.05, 0) is 43.5 Å². The first-order valence-electron chi connectivity index (χ1n) is 9.15. The highest BCUT2D eigenvalue weighted by Gasteiger charge is 2.14. The van der Waals surface area contributed by atoms with Crippen molar-refractivity contribution in [1.29, 1.82) is 0 Å². The summed E-state index contributed by atoms with van der Waals surface area (Å²) < 4.78 is 4.85. The molecule has 1 aliphatic rings. The Kier molecular flexibility index (Phi) is 8.02. The third-order valence-electron chi connectivity index (χ3n) is 4.26. The molecule has 5 heteroatoms. The summed E-state index contributed by atoms with van der Waals surface area (Å²) in [7, 11) is 0. The number of hydrogen-bond donors (Lipinski definition) is 1. The van der Waals surface area contributed by atoms with E-state index in [1.807, 2.05) is 29.2 Å². The maximum atomic E-state index is 12.3. The van der Waals surface area contributed by atoms with Crippen LogP contribution in [-0.4, -0.2) is 43.0 Å². The lowest BCUT2D eigenvalue weighted by Gasteiger charge is -2.25. The van der Waals surface area contributed by atoms with Crippen molar-refractivity contribution in [3.63, 3.8) is 0 Å². The van der Waals surface area contributed by atoms with Crippen molar-refractivity contribution in [2.75, 3.05) is 31.6 Å². The van der Waals surface area contributed by atoms with Crippen LogP contribution in [0.15, 0.2) is 30.3 Å². The average molecular weight is 344 g/mol. The zero-order chi connectivity index (χ0) is 17.9. The molecule has 0 aliphatic carbocycles. The quantitative estimate of drug-likeness (QED) is 0.634. The molecule has 1 N–H and O–H groups in total. The van der Waals surface area contributed by atoms with Crippen molar-refractivity contribution in [3.8, 4) is 0 Å². The van der Waals surface area contributed by atoms with E-state index in [-0.39, 0.29) is 11.9 Å². The first kappa shape index (κ1) is 19.0. The minimum absolute atomic E-state index is 0.160. The van der Waals surface area contributed by atoms with Gasteiger partial charge in [0.25, 0.3) is 0 Å². The second-order valence-corrected chi connectivity index (χ2v) is 6.21. The zero-order valence-corrected chi connectivity index (χ0v) is 15.0. The number of rotatable bonds is 6. The van der Waals surface area contributed by atoms with Gasteiger partial charge in [-0.2, -0.15) is 0 Å². The van der Waals surface area contributed by atoms with Gasteiger partial charge in [0.05, 0.1) is 13.2 Å². The number of likely N-dealkylation sites (tertiary alicyclic amines) is 1. The number of ether oxygens (including phenoxy) is 1. The fourth-order valence-electron chi connectivity index (χ4n) is 2.85. The Labute approximate surface area is 150 Å². The molecule has 5 nitrogen and oxygen atoms in total. The van der Waals surface area contributed by atoms with E-state index in [4.69, 9.17) is 4.74 Å². The van der Waals surface area contributed by atoms with E-state index in [2.05, 4.69) is 5.32 Å². The second kappa shape index (κ2) is 10.5. The molecule has 1 saturated heterocycles. The number of benzene rings is 1. The molecule has 1 fully saturated rings. The summed E-state index contributed by atoms with van der Waals surface area (Å²) in [5.41, 5.74) is 1.81. The molecule has 1 aliphatic heterocycles. The predicted octanol–water partition coefficient (Wildman–Crippen LogP) is 3.47. The number of esters is 1. The van der Waals surface area contributed by atoms with Crippen molar-refractivity contribution in [1.82, 2.24) is 4.90 Å². The van der Waals surface area contributed by atoms with Crippen LogP contribution in [-0.2, 0) is 14.3 Å². The van der Waals surface area contributed by atoms with Gasteiger partial charge in [-0.25, -0.2) is 4.79 Å². The van der Waals surface area contributed by atoms with Gasteiger partial charge in [-0.1, -0.05) is 31.4 Å². The molecule has 25 heavy (non-hydrogen) atoms. The van der Waals surface area contributed by atoms with Crippen LogP contribution in [0.3, 0.4) is 0 Å². The Balaban J connectivity index is 1.80. The molecule has 0 atom stereocenters. The van der Waals surface area contributed by atoms with E-state index in [0.29, 0.717) is 13.2 Å². The van der Waals surface area contributed by atoms with Gasteiger partial charge in [-0.15, -0.1) is 0 Å². The number of nitrogens with zero attached hydrogens (tertiary/aromatic N) is 1. The van der Waals surface area contributed by atoms with Crippen molar-refractivity contribution in [2.45, 2.75) is 39.0 Å². The monoisotopic (exact) mass is 344 g/mol. The molecular formula is C20H28N2O3. The highest BCUT2D eigenvalue weighted by atomic mass is 16.5. The highest BCUT2D eigenvalue weighted by molar-refractivity contribution is 5.87. The fourth-order valence-corrected chi connectivity index (χ4v) is 2.85. The second-order valence-electron chi connectivity index (χ2n) is 6.21. The molecule has 2 rings (SSSR count). The smallest absolute Gasteiger partial charge is 0.330 e. The van der Waals surface area contributed by atoms with Crippen molar-refractivity contribution in [3.05, 3.63) is 35.9 Å². The Hall–Kier alpha value is -2.30. The standard InChI is InChI=1S/C20H28N2O3/c1-2-25-20(24)13-10-17-8-11-18(12-9-17)21-16-19(23)22-14-6-4-3-5-7-15-22/h8-13,21H,2-7,14-16H2,1H3/b13-10+. The number of carbonyl (C=O) groups is 2. The molecule has 0 unspecified atom stereocenters. The van der Waals surface area contributed by atoms with E-state index in [0.717, 1.165) is 37.2 Å². The van der Waals surface area contributed by atoms with E-state index in [9.17, 15) is 9.59 Å². The molecule has 1 heterocycles. The predicted molar refractivity (Wildman–Crippen MR) is 100 cm³/mol. The summed E-state index contributed by atoms with van der Waals surface area (Å²) in [4.78, 5) is 25.6. The van der Waals surface area contributed by atoms with E-state index >= 15 is 0 Å². The summed E-state index contributed by atoms with van der Waals surface area (Å²) in [5, 5.41) is 3.18. The third-order valence-corrected chi connectivity index (χ3v) is 4.26. The van der Waals surface area contributed by atoms with Crippen LogP contribution in [0.25, 0.3) is 6.08 Å². The lowest BCUT2D eigenvalue weighted by atomic mass is 10.1. The van der Waals surface area contributed by atoms with Crippen LogP contribution in [0.4, 0.5) is 5.69 Å². The minimum atomic E-state index is -0.344. The normalized spacial score (nSPS) is 15.5. The summed E-state index contributed by atoms with van der Waals surface area (Å²) in [6.45, 7) is 4.21. The van der Waals surface area contributed by atoms with Crippen LogP contribution in [0.5, 0.6) is 0 Å². The van der Waals surface area contributed by atoms with E-state index < -0.39 is 0 Å². The molecule has 0 saturated carbocycles. The van der Waals surface area contributed by atoms with E-state index in [1.165, 1.54) is 25.3 Å². The number of nitrogens with one attached hydrogen (secondary N) is 1. The maximum Gasteiger partial charge on any atom is 0.330 e. The lowest BCUT2D eigenvalue weighted by molar-refractivity contribution is -0.137. The van der Waals surface area contributed by atoms with Crippen LogP contribution in [0.1, 0.15) is 44.6 Å². The largest absolute Gasteiger partial charge is 0.463 e. The van der Waals surface area contributed by atoms with Gasteiger partial charge >= 0.3 is 5.97 Å². The molecular weight excluding hydrogens is 316 g/mol. The van der Waals surface area contributed by atoms with Gasteiger partial charge < -0.3 is 15.0 Å². The van der Waals surface area contributed by atoms with Gasteiger partial charge in [0.2, 0.25) is 5.91 Å². The van der Waals surface area contributed by atoms with Crippen molar-refractivity contribution in [2.24, 2.45) is 0 Å². The fraction of sp³-hybridized carbons (Fsp3) is 0.500. The maximum absolute atomic E-state index is 12.3. The molecule has 1 aromatic rings. The first-order valence-corrected chi connectivity index (χ1v) is 9.15. The molecule has 136 valence electrons. The SMILES string of the molecule is CCOC(=O)/C=C/c1ccc(NCC(=O)N2CCCCCCC2)cc1. The first-order chi connectivity index (χ1) is 12.2. The third kappa shape index (κ3) is 6.99. The van der Waals surface area contributed by atoms with Crippen LogP contribution in [0, 0.1) is 0 Å². The molecule has 0 spiro atoms. The van der Waals surface area contributed by atoms with Crippen molar-refractivity contribution < 1.29 is 14.3 Å². The van der Waals surface area contributed by atoms with Crippen LogP contribution in [0.2, 0.25) is 0 Å². The minimum Gasteiger partial charge on any atom is -0.463 e. The van der Waals surface area contributed by atoms with Crippen molar-refractivity contribution >= 4 is 23.6 Å². The molecule has 1 aromatic carbocycles. The molecule has 0 radical (unpaired) electrons. The van der Waals surface area contributed by atoms with Gasteiger partial charge in [-0.3, -0.25) is 4.79 Å². The number of anilines is 1. The summed E-state index contributed by atoms with van der Waals surface area (Å²) in [6.07, 6.45) is 9.07. The van der Waals surface area contributed by atoms with Gasteiger partial charge in [0, 0.05) is 24.9 Å². The van der Waals surface area contributed by atoms with E-state index in [1.54, 1.807) is 13.0 Å². The Morgan fingerprint density at radius 2 is 1.72 bits per heavy atom. The number of amides is 1. The van der Waals surface area contributed by atoms with Gasteiger partial charge in [0.15, 0.2) is 0 Å². The lowest BCUT2D eigenvalue weighted by Crippen LogP contribution is -2.37. The Morgan fingerprint density at radius 3 is 2.36 bits per heavy atom. The molecule has 0 bridgehead atoms. The Bertz CT molecular complexity index is 573. The summed E-state index contributed by atoms with van der Waals surface area (Å²) in [6, 6.07) is 7.62. The number of carbonyl (C=O) groups excluding carboxylic acids is 2. The summed E-state index contributed by atoms with van der Waals surface area (Å²) >= 11 is 0.